The molecule has 0 aromatic heterocycles. The van der Waals surface area contributed by atoms with E-state index in [1.165, 1.54) is 12.3 Å². The molecule has 0 aromatic carbocycles. The summed E-state index contributed by atoms with van der Waals surface area (Å²) >= 11 is 0. The fourth-order valence-electron chi connectivity index (χ4n) is 1.41. The molecule has 4 nitrogen and oxygen atoms in total. The minimum atomic E-state index is -2.86. The van der Waals surface area contributed by atoms with Crippen LogP contribution in [0.3, 0.4) is 0 Å². The predicted molar refractivity (Wildman–Crippen MR) is 48.6 cm³/mol. The normalized spacial score (nSPS) is 26.9. The van der Waals surface area contributed by atoms with Gasteiger partial charge in [0.15, 0.2) is 9.84 Å². The first kappa shape index (κ1) is 10.2. The van der Waals surface area contributed by atoms with Gasteiger partial charge in [-0.25, -0.2) is 13.2 Å². The summed E-state index contributed by atoms with van der Waals surface area (Å²) in [7, 11) is -2.86. The van der Waals surface area contributed by atoms with Gasteiger partial charge in [-0.1, -0.05) is 6.08 Å². The maximum atomic E-state index is 11.2. The van der Waals surface area contributed by atoms with E-state index in [0.29, 0.717) is 6.42 Å². The Balaban J connectivity index is 2.57. The van der Waals surface area contributed by atoms with Gasteiger partial charge in [0.05, 0.1) is 11.5 Å². The van der Waals surface area contributed by atoms with Crippen molar-refractivity contribution in [3.05, 3.63) is 12.3 Å². The van der Waals surface area contributed by atoms with Crippen LogP contribution < -0.4 is 0 Å². The molecule has 0 radical (unpaired) electrons. The van der Waals surface area contributed by atoms with Crippen LogP contribution >= 0.6 is 0 Å². The SMILES string of the molecule is O=C=N/C=C\C1CCCS(=O)(=O)C1. The Labute approximate surface area is 77.3 Å². The second kappa shape index (κ2) is 4.35. The van der Waals surface area contributed by atoms with Crippen LogP contribution in [0.4, 0.5) is 0 Å². The average molecular weight is 201 g/mol. The first-order valence-electron chi connectivity index (χ1n) is 4.08. The molecule has 72 valence electrons. The van der Waals surface area contributed by atoms with Crippen LogP contribution in [0.1, 0.15) is 12.8 Å². The zero-order chi connectivity index (χ0) is 9.73. The molecule has 1 unspecified atom stereocenters. The van der Waals surface area contributed by atoms with Crippen molar-refractivity contribution in [1.29, 1.82) is 0 Å². The number of allylic oxidation sites excluding steroid dienone is 1. The first-order chi connectivity index (χ1) is 6.14. The van der Waals surface area contributed by atoms with E-state index < -0.39 is 9.84 Å². The van der Waals surface area contributed by atoms with Crippen molar-refractivity contribution in [3.63, 3.8) is 0 Å². The highest BCUT2D eigenvalue weighted by atomic mass is 32.2. The third kappa shape index (κ3) is 3.53. The number of aliphatic imine (C=N–C) groups is 1. The standard InChI is InChI=1S/C8H11NO3S/c10-7-9-4-3-8-2-1-5-13(11,12)6-8/h3-4,8H,1-2,5-6H2/b4-3-. The van der Waals surface area contributed by atoms with Crippen molar-refractivity contribution in [3.8, 4) is 0 Å². The molecule has 13 heavy (non-hydrogen) atoms. The van der Waals surface area contributed by atoms with Crippen LogP contribution in [0.25, 0.3) is 0 Å². The third-order valence-corrected chi connectivity index (χ3v) is 3.83. The number of rotatable bonds is 2. The van der Waals surface area contributed by atoms with Crippen LogP contribution in [0.5, 0.6) is 0 Å². The number of hydrogen-bond acceptors (Lipinski definition) is 4. The fourth-order valence-corrected chi connectivity index (χ4v) is 3.11. The molecule has 5 heteroatoms. The maximum absolute atomic E-state index is 11.2. The number of carbonyl (C=O) groups excluding carboxylic acids is 1. The van der Waals surface area contributed by atoms with Crippen LogP contribution in [0.15, 0.2) is 17.3 Å². The summed E-state index contributed by atoms with van der Waals surface area (Å²) in [5, 5.41) is 0. The molecule has 1 rings (SSSR count). The lowest BCUT2D eigenvalue weighted by Gasteiger charge is -2.17. The van der Waals surface area contributed by atoms with E-state index in [-0.39, 0.29) is 17.4 Å². The van der Waals surface area contributed by atoms with Gasteiger partial charge in [-0.3, -0.25) is 0 Å². The van der Waals surface area contributed by atoms with Crippen molar-refractivity contribution in [1.82, 2.24) is 0 Å². The van der Waals surface area contributed by atoms with Crippen LogP contribution in [-0.4, -0.2) is 26.0 Å². The van der Waals surface area contributed by atoms with Gasteiger partial charge in [0.2, 0.25) is 6.08 Å². The highest BCUT2D eigenvalue weighted by molar-refractivity contribution is 7.91. The van der Waals surface area contributed by atoms with E-state index in [2.05, 4.69) is 4.99 Å². The maximum Gasteiger partial charge on any atom is 0.239 e. The Kier molecular flexibility index (Phi) is 3.39. The van der Waals surface area contributed by atoms with E-state index >= 15 is 0 Å². The van der Waals surface area contributed by atoms with Gasteiger partial charge in [0, 0.05) is 6.20 Å². The van der Waals surface area contributed by atoms with Gasteiger partial charge in [-0.05, 0) is 18.8 Å². The first-order valence-corrected chi connectivity index (χ1v) is 5.90. The Morgan fingerprint density at radius 1 is 1.46 bits per heavy atom. The molecule has 0 bridgehead atoms. The molecule has 1 aliphatic heterocycles. The number of nitrogens with zero attached hydrogens (tertiary/aromatic N) is 1. The molecule has 0 aromatic rings. The van der Waals surface area contributed by atoms with Gasteiger partial charge in [0.1, 0.15) is 0 Å². The number of isocyanates is 1. The van der Waals surface area contributed by atoms with Gasteiger partial charge in [-0.2, -0.15) is 4.99 Å². The van der Waals surface area contributed by atoms with E-state index in [1.54, 1.807) is 6.08 Å². The summed E-state index contributed by atoms with van der Waals surface area (Å²) in [4.78, 5) is 12.9. The summed E-state index contributed by atoms with van der Waals surface area (Å²) in [6.07, 6.45) is 5.89. The Morgan fingerprint density at radius 2 is 2.23 bits per heavy atom. The largest absolute Gasteiger partial charge is 0.239 e. The topological polar surface area (TPSA) is 63.6 Å². The van der Waals surface area contributed by atoms with Gasteiger partial charge < -0.3 is 0 Å². The Morgan fingerprint density at radius 3 is 2.85 bits per heavy atom. The summed E-state index contributed by atoms with van der Waals surface area (Å²) < 4.78 is 22.3. The minimum absolute atomic E-state index is 0.0100. The van der Waals surface area contributed by atoms with Crippen LogP contribution in [-0.2, 0) is 14.6 Å². The molecular formula is C8H11NO3S. The predicted octanol–water partition coefficient (Wildman–Crippen LogP) is 0.661. The van der Waals surface area contributed by atoms with E-state index in [4.69, 9.17) is 0 Å². The minimum Gasteiger partial charge on any atom is -0.229 e. The second-order valence-electron chi connectivity index (χ2n) is 3.08. The summed E-state index contributed by atoms with van der Waals surface area (Å²) in [6, 6.07) is 0. The monoisotopic (exact) mass is 201 g/mol. The molecule has 0 saturated carbocycles. The molecule has 0 aliphatic carbocycles. The molecule has 1 saturated heterocycles. The third-order valence-electron chi connectivity index (χ3n) is 1.98. The average Bonchev–Trinajstić information content (AvgIpc) is 2.03. The lowest BCUT2D eigenvalue weighted by Crippen LogP contribution is -2.23. The molecule has 1 fully saturated rings. The number of sulfone groups is 1. The van der Waals surface area contributed by atoms with Crippen molar-refractivity contribution < 1.29 is 13.2 Å². The molecule has 0 spiro atoms. The highest BCUT2D eigenvalue weighted by Gasteiger charge is 2.22. The van der Waals surface area contributed by atoms with Crippen molar-refractivity contribution in [2.24, 2.45) is 10.9 Å². The Hall–Kier alpha value is -0.930. The van der Waals surface area contributed by atoms with Crippen molar-refractivity contribution in [2.75, 3.05) is 11.5 Å². The quantitative estimate of drug-likeness (QED) is 0.487. The highest BCUT2D eigenvalue weighted by Crippen LogP contribution is 2.19. The lowest BCUT2D eigenvalue weighted by molar-refractivity contribution is 0.542. The molecular weight excluding hydrogens is 190 g/mol. The van der Waals surface area contributed by atoms with E-state index in [9.17, 15) is 13.2 Å². The molecule has 1 heterocycles. The summed E-state index contributed by atoms with van der Waals surface area (Å²) in [6.45, 7) is 0. The van der Waals surface area contributed by atoms with E-state index in [1.807, 2.05) is 0 Å². The fraction of sp³-hybridized carbons (Fsp3) is 0.625. The lowest BCUT2D eigenvalue weighted by atomic mass is 10.1. The summed E-state index contributed by atoms with van der Waals surface area (Å²) in [5.41, 5.74) is 0. The van der Waals surface area contributed by atoms with Crippen LogP contribution in [0, 0.1) is 5.92 Å². The van der Waals surface area contributed by atoms with Crippen molar-refractivity contribution in [2.45, 2.75) is 12.8 Å². The molecule has 0 amide bonds. The Bertz CT molecular complexity index is 338. The smallest absolute Gasteiger partial charge is 0.229 e. The number of hydrogen-bond donors (Lipinski definition) is 0. The molecule has 0 N–H and O–H groups in total. The molecule has 1 aliphatic rings. The zero-order valence-electron chi connectivity index (χ0n) is 7.14. The van der Waals surface area contributed by atoms with Gasteiger partial charge >= 0.3 is 0 Å². The molecule has 1 atom stereocenters. The van der Waals surface area contributed by atoms with Crippen LogP contribution in [0.2, 0.25) is 0 Å². The second-order valence-corrected chi connectivity index (χ2v) is 5.31. The van der Waals surface area contributed by atoms with Gasteiger partial charge in [0.25, 0.3) is 0 Å². The van der Waals surface area contributed by atoms with Crippen molar-refractivity contribution >= 4 is 15.9 Å². The summed E-state index contributed by atoms with van der Waals surface area (Å²) in [5.74, 6) is 0.474. The van der Waals surface area contributed by atoms with E-state index in [0.717, 1.165) is 6.42 Å². The van der Waals surface area contributed by atoms with Gasteiger partial charge in [-0.15, -0.1) is 0 Å². The zero-order valence-corrected chi connectivity index (χ0v) is 7.96.